The number of thioether (sulfide) groups is 1. The number of H-pyrrole nitrogens is 1. The fourth-order valence-corrected chi connectivity index (χ4v) is 3.95. The van der Waals surface area contributed by atoms with E-state index in [1.807, 2.05) is 32.0 Å². The lowest BCUT2D eigenvalue weighted by Crippen LogP contribution is -2.37. The Labute approximate surface area is 166 Å². The van der Waals surface area contributed by atoms with Crippen molar-refractivity contribution in [1.82, 2.24) is 15.3 Å². The van der Waals surface area contributed by atoms with Crippen molar-refractivity contribution in [2.24, 2.45) is 0 Å². The molecule has 8 nitrogen and oxygen atoms in total. The van der Waals surface area contributed by atoms with Crippen LogP contribution in [0.5, 0.6) is 0 Å². The summed E-state index contributed by atoms with van der Waals surface area (Å²) in [6.45, 7) is 3.88. The van der Waals surface area contributed by atoms with Gasteiger partial charge in [0, 0.05) is 19.0 Å². The maximum Gasteiger partial charge on any atom is 0.345 e. The quantitative estimate of drug-likeness (QED) is 0.478. The highest BCUT2D eigenvalue weighted by molar-refractivity contribution is 8.00. The van der Waals surface area contributed by atoms with E-state index in [0.717, 1.165) is 22.4 Å². The molecule has 3 N–H and O–H groups in total. The number of nitrogens with zero attached hydrogens (tertiary/aromatic N) is 1. The first-order valence-electron chi connectivity index (χ1n) is 8.82. The predicted octanol–water partition coefficient (Wildman–Crippen LogP) is 1.56. The van der Waals surface area contributed by atoms with Crippen LogP contribution in [0.15, 0.2) is 34.2 Å². The van der Waals surface area contributed by atoms with Gasteiger partial charge >= 0.3 is 5.69 Å². The van der Waals surface area contributed by atoms with Crippen molar-refractivity contribution >= 4 is 29.3 Å². The van der Waals surface area contributed by atoms with E-state index in [9.17, 15) is 14.4 Å². The van der Waals surface area contributed by atoms with Gasteiger partial charge in [0.25, 0.3) is 0 Å². The number of hydrogen-bond acceptors (Lipinski definition) is 6. The van der Waals surface area contributed by atoms with Gasteiger partial charge in [-0.1, -0.05) is 23.9 Å². The van der Waals surface area contributed by atoms with Crippen molar-refractivity contribution in [3.63, 3.8) is 0 Å². The molecule has 0 spiro atoms. The molecule has 2 atom stereocenters. The molecule has 0 radical (unpaired) electrons. The van der Waals surface area contributed by atoms with Gasteiger partial charge in [0.05, 0.1) is 19.1 Å². The van der Waals surface area contributed by atoms with Crippen LogP contribution in [0.4, 0.5) is 5.69 Å². The molecule has 0 fully saturated rings. The van der Waals surface area contributed by atoms with E-state index in [4.69, 9.17) is 4.74 Å². The summed E-state index contributed by atoms with van der Waals surface area (Å²) in [7, 11) is 1.52. The summed E-state index contributed by atoms with van der Waals surface area (Å²) in [6, 6.07) is 5.42. The van der Waals surface area contributed by atoms with Crippen LogP contribution in [0.25, 0.3) is 0 Å². The van der Waals surface area contributed by atoms with Crippen LogP contribution in [-0.4, -0.2) is 40.7 Å². The molecule has 0 bridgehead atoms. The summed E-state index contributed by atoms with van der Waals surface area (Å²) in [5.74, 6) is -0.239. The number of benzene rings is 1. The third-order valence-corrected chi connectivity index (χ3v) is 5.70. The molecule has 2 amide bonds. The average Bonchev–Trinajstić information content (AvgIpc) is 3.03. The molecule has 148 valence electrons. The van der Waals surface area contributed by atoms with Gasteiger partial charge in [0.2, 0.25) is 11.8 Å². The number of amides is 2. The summed E-state index contributed by atoms with van der Waals surface area (Å²) in [6.07, 6.45) is 1.92. The fraction of sp³-hybridized carbons (Fsp3) is 0.368. The van der Waals surface area contributed by atoms with Crippen LogP contribution < -0.4 is 16.3 Å². The highest BCUT2D eigenvalue weighted by Crippen LogP contribution is 2.28. The molecule has 2 heterocycles. The lowest BCUT2D eigenvalue weighted by molar-refractivity contribution is -0.122. The van der Waals surface area contributed by atoms with Crippen LogP contribution in [0, 0.1) is 6.92 Å². The van der Waals surface area contributed by atoms with Gasteiger partial charge in [-0.3, -0.25) is 9.59 Å². The van der Waals surface area contributed by atoms with Gasteiger partial charge < -0.3 is 20.4 Å². The second kappa shape index (κ2) is 8.57. The number of carbonyl (C=O) groups excluding carboxylic acids is 2. The first kappa shape index (κ1) is 20.1. The number of nitrogens with one attached hydrogen (secondary N) is 3. The molecule has 0 unspecified atom stereocenters. The smallest absolute Gasteiger partial charge is 0.345 e. The molecule has 0 saturated heterocycles. The summed E-state index contributed by atoms with van der Waals surface area (Å²) in [4.78, 5) is 42.3. The summed E-state index contributed by atoms with van der Waals surface area (Å²) in [5, 5.41) is 5.71. The van der Waals surface area contributed by atoms with E-state index in [1.54, 1.807) is 6.20 Å². The van der Waals surface area contributed by atoms with E-state index >= 15 is 0 Å². The standard InChI is InChI=1S/C19H22N4O4S/c1-10-8-20-19(26)23-18(10)28-15(9-27-3)17(25)21-11(2)12-4-5-14-13(6-12)7-16(24)22-14/h4-6,8,11,15H,7,9H2,1-3H3,(H,21,25)(H,22,24)(H,20,23,26)/t11-,15-/m0/s1. The number of aromatic nitrogens is 2. The molecule has 1 aliphatic heterocycles. The molecule has 1 aromatic heterocycles. The number of anilines is 1. The van der Waals surface area contributed by atoms with Gasteiger partial charge in [-0.2, -0.15) is 4.98 Å². The van der Waals surface area contributed by atoms with Gasteiger partial charge in [0.1, 0.15) is 10.3 Å². The van der Waals surface area contributed by atoms with E-state index in [1.165, 1.54) is 18.9 Å². The Balaban J connectivity index is 1.71. The number of carbonyl (C=O) groups is 2. The lowest BCUT2D eigenvalue weighted by atomic mass is 10.0. The topological polar surface area (TPSA) is 113 Å². The third-order valence-electron chi connectivity index (χ3n) is 4.43. The van der Waals surface area contributed by atoms with Crippen LogP contribution in [0.1, 0.15) is 29.7 Å². The number of aromatic amines is 1. The number of fused-ring (bicyclic) bond motifs is 1. The Kier molecular flexibility index (Phi) is 6.15. The van der Waals surface area contributed by atoms with Crippen LogP contribution in [-0.2, 0) is 20.7 Å². The van der Waals surface area contributed by atoms with Crippen molar-refractivity contribution in [2.75, 3.05) is 19.0 Å². The van der Waals surface area contributed by atoms with Gasteiger partial charge in [-0.25, -0.2) is 4.79 Å². The summed E-state index contributed by atoms with van der Waals surface area (Å²) >= 11 is 1.20. The molecule has 0 saturated carbocycles. The Morgan fingerprint density at radius 2 is 2.18 bits per heavy atom. The average molecular weight is 402 g/mol. The van der Waals surface area contributed by atoms with E-state index < -0.39 is 10.9 Å². The highest BCUT2D eigenvalue weighted by Gasteiger charge is 2.24. The van der Waals surface area contributed by atoms with Gasteiger partial charge in [-0.15, -0.1) is 0 Å². The van der Waals surface area contributed by atoms with Gasteiger partial charge in [0.15, 0.2) is 0 Å². The minimum absolute atomic E-state index is 0.0267. The van der Waals surface area contributed by atoms with Crippen LogP contribution in [0.2, 0.25) is 0 Å². The predicted molar refractivity (Wildman–Crippen MR) is 106 cm³/mol. The van der Waals surface area contributed by atoms with E-state index in [2.05, 4.69) is 20.6 Å². The van der Waals surface area contributed by atoms with Crippen LogP contribution in [0.3, 0.4) is 0 Å². The molecule has 28 heavy (non-hydrogen) atoms. The maximum absolute atomic E-state index is 12.8. The summed E-state index contributed by atoms with van der Waals surface area (Å²) < 4.78 is 5.19. The van der Waals surface area contributed by atoms with Crippen molar-refractivity contribution in [3.8, 4) is 0 Å². The minimum Gasteiger partial charge on any atom is -0.383 e. The molecular weight excluding hydrogens is 380 g/mol. The fourth-order valence-electron chi connectivity index (χ4n) is 2.92. The number of aryl methyl sites for hydroxylation is 1. The number of methoxy groups -OCH3 is 1. The zero-order valence-electron chi connectivity index (χ0n) is 15.9. The summed E-state index contributed by atoms with van der Waals surface area (Å²) in [5.41, 5.74) is 2.97. The number of ether oxygens (including phenoxy) is 1. The second-order valence-electron chi connectivity index (χ2n) is 6.63. The van der Waals surface area contributed by atoms with Crippen molar-refractivity contribution in [3.05, 3.63) is 51.6 Å². The molecule has 1 aromatic carbocycles. The molecule has 9 heteroatoms. The van der Waals surface area contributed by atoms with Crippen LogP contribution >= 0.6 is 11.8 Å². The first-order valence-corrected chi connectivity index (χ1v) is 9.70. The van der Waals surface area contributed by atoms with Gasteiger partial charge in [-0.05, 0) is 36.6 Å². The largest absolute Gasteiger partial charge is 0.383 e. The number of hydrogen-bond donors (Lipinski definition) is 3. The Bertz CT molecular complexity index is 959. The molecule has 1 aliphatic rings. The molecule has 3 rings (SSSR count). The maximum atomic E-state index is 12.8. The Hall–Kier alpha value is -2.65. The molecular formula is C19H22N4O4S. The third kappa shape index (κ3) is 4.60. The highest BCUT2D eigenvalue weighted by atomic mass is 32.2. The molecule has 0 aliphatic carbocycles. The van der Waals surface area contributed by atoms with E-state index in [0.29, 0.717) is 11.4 Å². The minimum atomic E-state index is -0.557. The number of rotatable bonds is 7. The normalized spacial score (nSPS) is 14.9. The van der Waals surface area contributed by atoms with Crippen molar-refractivity contribution < 1.29 is 14.3 Å². The Morgan fingerprint density at radius 1 is 1.39 bits per heavy atom. The van der Waals surface area contributed by atoms with E-state index in [-0.39, 0.29) is 24.5 Å². The SMILES string of the molecule is COC[C@H](Sc1nc(=O)[nH]cc1C)C(=O)N[C@@H](C)c1ccc2c(c1)CC(=O)N2. The molecule has 2 aromatic rings. The van der Waals surface area contributed by atoms with Crippen molar-refractivity contribution in [2.45, 2.75) is 36.6 Å². The zero-order valence-corrected chi connectivity index (χ0v) is 16.7. The second-order valence-corrected chi connectivity index (χ2v) is 7.82. The lowest BCUT2D eigenvalue weighted by Gasteiger charge is -2.20. The monoisotopic (exact) mass is 402 g/mol. The Morgan fingerprint density at radius 3 is 2.93 bits per heavy atom. The van der Waals surface area contributed by atoms with Crippen molar-refractivity contribution in [1.29, 1.82) is 0 Å². The zero-order chi connectivity index (χ0) is 20.3. The first-order chi connectivity index (χ1) is 13.4.